The van der Waals surface area contributed by atoms with Crippen LogP contribution in [0.5, 0.6) is 0 Å². The Labute approximate surface area is 216 Å². The van der Waals surface area contributed by atoms with Crippen LogP contribution in [0, 0.1) is 11.6 Å². The third-order valence-electron chi connectivity index (χ3n) is 5.90. The molecule has 0 radical (unpaired) electrons. The molecule has 1 heterocycles. The van der Waals surface area contributed by atoms with Crippen LogP contribution in [0.2, 0.25) is 0 Å². The highest BCUT2D eigenvalue weighted by atomic mass is 19.1. The van der Waals surface area contributed by atoms with E-state index in [2.05, 4.69) is 20.7 Å². The van der Waals surface area contributed by atoms with E-state index in [9.17, 15) is 18.4 Å². The molecule has 5 aromatic rings. The third kappa shape index (κ3) is 5.70. The van der Waals surface area contributed by atoms with Crippen LogP contribution in [0.15, 0.2) is 91.0 Å². The number of benzene rings is 4. The van der Waals surface area contributed by atoms with Gasteiger partial charge in [0.2, 0.25) is 11.7 Å². The fourth-order valence-electron chi connectivity index (χ4n) is 3.98. The number of fused-ring (bicyclic) bond motifs is 1. The Hall–Kier alpha value is -4.99. The molecule has 1 N–H and O–H groups in total. The molecule has 0 saturated carbocycles. The van der Waals surface area contributed by atoms with Gasteiger partial charge in [0.05, 0.1) is 5.69 Å². The summed E-state index contributed by atoms with van der Waals surface area (Å²) in [6.07, 6.45) is 0. The first-order valence-corrected chi connectivity index (χ1v) is 11.8. The van der Waals surface area contributed by atoms with Crippen molar-refractivity contribution in [2.75, 3.05) is 11.4 Å². The molecular formula is C28H22F2N6O2. The molecule has 0 spiro atoms. The Kier molecular flexibility index (Phi) is 7.12. The van der Waals surface area contributed by atoms with Gasteiger partial charge in [-0.3, -0.25) is 9.59 Å². The molecule has 0 bridgehead atoms. The minimum Gasteiger partial charge on any atom is -0.350 e. The molecule has 0 aliphatic carbocycles. The topological polar surface area (TPSA) is 93.0 Å². The highest BCUT2D eigenvalue weighted by molar-refractivity contribution is 6.06. The molecule has 0 atom stereocenters. The zero-order valence-electron chi connectivity index (χ0n) is 20.1. The number of amides is 2. The highest BCUT2D eigenvalue weighted by Crippen LogP contribution is 2.27. The van der Waals surface area contributed by atoms with Gasteiger partial charge in [-0.25, -0.2) is 8.78 Å². The lowest BCUT2D eigenvalue weighted by atomic mass is 10.1. The second kappa shape index (κ2) is 11.0. The SMILES string of the molecule is O=C(CN(C(=O)Cn1nnc(-c2ccc(F)cc2)n1)c1cccc2ccccc12)NCc1ccc(F)cc1. The van der Waals surface area contributed by atoms with Crippen molar-refractivity contribution in [3.8, 4) is 11.4 Å². The van der Waals surface area contributed by atoms with Crippen LogP contribution in [0.25, 0.3) is 22.2 Å². The van der Waals surface area contributed by atoms with Gasteiger partial charge in [-0.05, 0) is 58.6 Å². The van der Waals surface area contributed by atoms with Gasteiger partial charge in [-0.2, -0.15) is 4.80 Å². The number of carbonyl (C=O) groups excluding carboxylic acids is 2. The van der Waals surface area contributed by atoms with Gasteiger partial charge in [0.15, 0.2) is 0 Å². The fourth-order valence-corrected chi connectivity index (χ4v) is 3.98. The number of nitrogens with one attached hydrogen (secondary N) is 1. The summed E-state index contributed by atoms with van der Waals surface area (Å²) in [5.74, 6) is -1.33. The van der Waals surface area contributed by atoms with Crippen molar-refractivity contribution < 1.29 is 18.4 Å². The molecule has 190 valence electrons. The van der Waals surface area contributed by atoms with Crippen molar-refractivity contribution >= 4 is 28.3 Å². The van der Waals surface area contributed by atoms with E-state index < -0.39 is 11.8 Å². The van der Waals surface area contributed by atoms with Crippen molar-refractivity contribution in [3.63, 3.8) is 0 Å². The molecule has 0 fully saturated rings. The molecule has 38 heavy (non-hydrogen) atoms. The van der Waals surface area contributed by atoms with E-state index in [0.717, 1.165) is 21.1 Å². The summed E-state index contributed by atoms with van der Waals surface area (Å²) in [5, 5.41) is 16.7. The van der Waals surface area contributed by atoms with Crippen LogP contribution < -0.4 is 10.2 Å². The highest BCUT2D eigenvalue weighted by Gasteiger charge is 2.22. The minimum absolute atomic E-state index is 0.183. The predicted octanol–water partition coefficient (Wildman–Crippen LogP) is 4.12. The Morgan fingerprint density at radius 1 is 0.842 bits per heavy atom. The fraction of sp³-hybridized carbons (Fsp3) is 0.107. The van der Waals surface area contributed by atoms with Crippen molar-refractivity contribution in [2.24, 2.45) is 0 Å². The number of hydrogen-bond acceptors (Lipinski definition) is 5. The van der Waals surface area contributed by atoms with Crippen LogP contribution in [0.4, 0.5) is 14.5 Å². The largest absolute Gasteiger partial charge is 0.350 e. The molecular weight excluding hydrogens is 490 g/mol. The van der Waals surface area contributed by atoms with Crippen molar-refractivity contribution in [3.05, 3.63) is 108 Å². The number of anilines is 1. The van der Waals surface area contributed by atoms with Gasteiger partial charge in [0, 0.05) is 17.5 Å². The number of aromatic nitrogens is 4. The Morgan fingerprint density at radius 2 is 1.53 bits per heavy atom. The summed E-state index contributed by atoms with van der Waals surface area (Å²) in [7, 11) is 0. The normalized spacial score (nSPS) is 10.9. The van der Waals surface area contributed by atoms with Crippen LogP contribution in [0.1, 0.15) is 5.56 Å². The second-order valence-electron chi connectivity index (χ2n) is 8.53. The Morgan fingerprint density at radius 3 is 2.29 bits per heavy atom. The van der Waals surface area contributed by atoms with Crippen LogP contribution in [-0.4, -0.2) is 38.6 Å². The quantitative estimate of drug-likeness (QED) is 0.338. The summed E-state index contributed by atoms with van der Waals surface area (Å²) in [5.41, 5.74) is 1.84. The maximum atomic E-state index is 13.5. The minimum atomic E-state index is -0.429. The molecule has 10 heteroatoms. The second-order valence-corrected chi connectivity index (χ2v) is 8.53. The smallest absolute Gasteiger partial charge is 0.251 e. The standard InChI is InChI=1S/C28H22F2N6O2/c29-22-12-8-19(9-13-22)16-31-26(37)17-35(25-7-3-5-20-4-1-2-6-24(20)25)27(38)18-36-33-28(32-34-36)21-10-14-23(30)15-11-21/h1-15H,16-18H2,(H,31,37). The monoisotopic (exact) mass is 512 g/mol. The lowest BCUT2D eigenvalue weighted by Gasteiger charge is -2.23. The summed E-state index contributed by atoms with van der Waals surface area (Å²) in [6, 6.07) is 24.5. The van der Waals surface area contributed by atoms with E-state index in [0.29, 0.717) is 11.3 Å². The van der Waals surface area contributed by atoms with Gasteiger partial charge >= 0.3 is 0 Å². The summed E-state index contributed by atoms with van der Waals surface area (Å²) < 4.78 is 26.4. The average molecular weight is 513 g/mol. The van der Waals surface area contributed by atoms with Crippen molar-refractivity contribution in [1.29, 1.82) is 0 Å². The van der Waals surface area contributed by atoms with Crippen molar-refractivity contribution in [2.45, 2.75) is 13.1 Å². The molecule has 0 aliphatic heterocycles. The Bertz CT molecular complexity index is 1580. The number of halogens is 2. The number of hydrogen-bond donors (Lipinski definition) is 1. The Balaban J connectivity index is 1.37. The summed E-state index contributed by atoms with van der Waals surface area (Å²) in [6.45, 7) is -0.349. The van der Waals surface area contributed by atoms with E-state index in [1.165, 1.54) is 41.3 Å². The molecule has 0 aliphatic rings. The third-order valence-corrected chi connectivity index (χ3v) is 5.90. The van der Waals surface area contributed by atoms with Crippen LogP contribution in [0.3, 0.4) is 0 Å². The van der Waals surface area contributed by atoms with Crippen molar-refractivity contribution in [1.82, 2.24) is 25.5 Å². The molecule has 1 aromatic heterocycles. The van der Waals surface area contributed by atoms with Gasteiger partial charge in [0.25, 0.3) is 5.91 Å². The van der Waals surface area contributed by atoms with Gasteiger partial charge < -0.3 is 10.2 Å². The van der Waals surface area contributed by atoms with Crippen LogP contribution >= 0.6 is 0 Å². The van der Waals surface area contributed by atoms with Gasteiger partial charge in [-0.1, -0.05) is 48.5 Å². The zero-order valence-corrected chi connectivity index (χ0v) is 20.1. The first-order chi connectivity index (χ1) is 18.5. The van der Waals surface area contributed by atoms with Gasteiger partial charge in [-0.15, -0.1) is 10.2 Å². The first kappa shape index (κ1) is 24.7. The summed E-state index contributed by atoms with van der Waals surface area (Å²) >= 11 is 0. The van der Waals surface area contributed by atoms with E-state index >= 15 is 0 Å². The first-order valence-electron chi connectivity index (χ1n) is 11.8. The van der Waals surface area contributed by atoms with Gasteiger partial charge in [0.1, 0.15) is 24.7 Å². The number of carbonyl (C=O) groups is 2. The summed E-state index contributed by atoms with van der Waals surface area (Å²) in [4.78, 5) is 28.9. The maximum Gasteiger partial charge on any atom is 0.251 e. The molecule has 4 aromatic carbocycles. The average Bonchev–Trinajstić information content (AvgIpc) is 3.40. The van der Waals surface area contributed by atoms with E-state index in [1.807, 2.05) is 36.4 Å². The lowest BCUT2D eigenvalue weighted by Crippen LogP contribution is -2.42. The van der Waals surface area contributed by atoms with Crippen LogP contribution in [-0.2, 0) is 22.7 Å². The number of tetrazole rings is 1. The van der Waals surface area contributed by atoms with E-state index in [-0.39, 0.29) is 37.1 Å². The molecule has 0 saturated heterocycles. The predicted molar refractivity (Wildman–Crippen MR) is 138 cm³/mol. The number of nitrogens with zero attached hydrogens (tertiary/aromatic N) is 5. The maximum absolute atomic E-state index is 13.5. The molecule has 2 amide bonds. The van der Waals surface area contributed by atoms with E-state index in [1.54, 1.807) is 18.2 Å². The lowest BCUT2D eigenvalue weighted by molar-refractivity contribution is -0.124. The zero-order chi connectivity index (χ0) is 26.5. The molecule has 5 rings (SSSR count). The number of rotatable bonds is 8. The molecule has 8 nitrogen and oxygen atoms in total. The molecule has 0 unspecified atom stereocenters. The van der Waals surface area contributed by atoms with E-state index in [4.69, 9.17) is 0 Å².